The maximum atomic E-state index is 13.7. The van der Waals surface area contributed by atoms with E-state index in [0.29, 0.717) is 26.2 Å². The van der Waals surface area contributed by atoms with Crippen LogP contribution in [0.5, 0.6) is 0 Å². The van der Waals surface area contributed by atoms with Crippen LogP contribution in [0.15, 0.2) is 30.3 Å². The van der Waals surface area contributed by atoms with E-state index in [2.05, 4.69) is 15.7 Å². The van der Waals surface area contributed by atoms with Crippen molar-refractivity contribution in [2.75, 3.05) is 44.7 Å². The SMILES string of the molecule is CCNCCNC(=O)CN(CC(=O)N(C)N1Cc2ccc(F)cc2C1)c1cc2c(C)nn(C)c2cc1C. The highest BCUT2D eigenvalue weighted by atomic mass is 19.1. The van der Waals surface area contributed by atoms with E-state index >= 15 is 0 Å². The Labute approximate surface area is 217 Å². The van der Waals surface area contributed by atoms with Crippen molar-refractivity contribution in [3.8, 4) is 0 Å². The number of benzene rings is 2. The molecule has 198 valence electrons. The first-order valence-electron chi connectivity index (χ1n) is 12.6. The van der Waals surface area contributed by atoms with Crippen LogP contribution < -0.4 is 15.5 Å². The molecule has 1 aromatic heterocycles. The highest BCUT2D eigenvalue weighted by Gasteiger charge is 2.27. The molecule has 0 unspecified atom stereocenters. The van der Waals surface area contributed by atoms with Crippen LogP contribution in [-0.4, -0.2) is 71.4 Å². The second-order valence-corrected chi connectivity index (χ2v) is 9.58. The van der Waals surface area contributed by atoms with Crippen molar-refractivity contribution in [3.63, 3.8) is 0 Å². The van der Waals surface area contributed by atoms with Crippen molar-refractivity contribution in [1.29, 1.82) is 0 Å². The Balaban J connectivity index is 1.55. The minimum atomic E-state index is -0.280. The molecule has 0 aliphatic carbocycles. The van der Waals surface area contributed by atoms with Crippen molar-refractivity contribution in [2.24, 2.45) is 7.05 Å². The van der Waals surface area contributed by atoms with Gasteiger partial charge in [-0.15, -0.1) is 0 Å². The number of fused-ring (bicyclic) bond motifs is 2. The highest BCUT2D eigenvalue weighted by Crippen LogP contribution is 2.29. The Morgan fingerprint density at radius 2 is 1.84 bits per heavy atom. The summed E-state index contributed by atoms with van der Waals surface area (Å²) >= 11 is 0. The molecule has 0 spiro atoms. The predicted molar refractivity (Wildman–Crippen MR) is 142 cm³/mol. The first kappa shape index (κ1) is 26.6. The second-order valence-electron chi connectivity index (χ2n) is 9.58. The first-order chi connectivity index (χ1) is 17.7. The summed E-state index contributed by atoms with van der Waals surface area (Å²) in [4.78, 5) is 28.1. The topological polar surface area (TPSA) is 85.7 Å². The Morgan fingerprint density at radius 1 is 1.08 bits per heavy atom. The number of likely N-dealkylation sites (N-methyl/N-ethyl adjacent to an activating group) is 2. The van der Waals surface area contributed by atoms with Gasteiger partial charge in [0.1, 0.15) is 5.82 Å². The van der Waals surface area contributed by atoms with E-state index in [1.165, 1.54) is 12.1 Å². The largest absolute Gasteiger partial charge is 0.353 e. The summed E-state index contributed by atoms with van der Waals surface area (Å²) in [7, 11) is 3.63. The molecule has 9 nitrogen and oxygen atoms in total. The molecule has 4 rings (SSSR count). The summed E-state index contributed by atoms with van der Waals surface area (Å²) in [6.07, 6.45) is 0. The Bertz CT molecular complexity index is 1310. The summed E-state index contributed by atoms with van der Waals surface area (Å²) in [5.41, 5.74) is 5.55. The van der Waals surface area contributed by atoms with Gasteiger partial charge in [0.05, 0.1) is 24.3 Å². The monoisotopic (exact) mass is 509 g/mol. The van der Waals surface area contributed by atoms with Gasteiger partial charge in [-0.3, -0.25) is 19.3 Å². The zero-order chi connectivity index (χ0) is 26.7. The number of carbonyl (C=O) groups is 2. The second kappa shape index (κ2) is 11.3. The minimum absolute atomic E-state index is 0.0178. The lowest BCUT2D eigenvalue weighted by atomic mass is 10.1. The highest BCUT2D eigenvalue weighted by molar-refractivity contribution is 5.91. The molecule has 2 amide bonds. The number of aryl methyl sites for hydroxylation is 3. The number of hydrogen-bond donors (Lipinski definition) is 2. The Hall–Kier alpha value is -3.50. The molecule has 0 bridgehead atoms. The number of hydrogen-bond acceptors (Lipinski definition) is 6. The molecule has 37 heavy (non-hydrogen) atoms. The van der Waals surface area contributed by atoms with Gasteiger partial charge in [0.15, 0.2) is 0 Å². The minimum Gasteiger partial charge on any atom is -0.353 e. The number of nitrogens with one attached hydrogen (secondary N) is 2. The van der Waals surface area contributed by atoms with E-state index in [4.69, 9.17) is 0 Å². The van der Waals surface area contributed by atoms with Crippen molar-refractivity contribution in [2.45, 2.75) is 33.9 Å². The number of hydrazine groups is 1. The van der Waals surface area contributed by atoms with Crippen molar-refractivity contribution < 1.29 is 14.0 Å². The van der Waals surface area contributed by atoms with E-state index in [-0.39, 0.29) is 30.7 Å². The van der Waals surface area contributed by atoms with Gasteiger partial charge in [-0.2, -0.15) is 5.10 Å². The molecular formula is C27H36FN7O2. The van der Waals surface area contributed by atoms with E-state index in [1.54, 1.807) is 18.1 Å². The fraction of sp³-hybridized carbons (Fsp3) is 0.444. The molecule has 10 heteroatoms. The average molecular weight is 510 g/mol. The standard InChI is InChI=1S/C27H36FN7O2/c1-6-29-9-10-30-26(36)16-34(24-13-23-19(3)31-32(4)25(23)11-18(24)2)17-27(37)33(5)35-14-20-7-8-22(28)12-21(20)15-35/h7-8,11-13,29H,6,9-10,14-17H2,1-5H3,(H,30,36). The molecule has 0 fully saturated rings. The third-order valence-corrected chi connectivity index (χ3v) is 6.89. The molecule has 0 radical (unpaired) electrons. The lowest BCUT2D eigenvalue weighted by Crippen LogP contribution is -2.48. The van der Waals surface area contributed by atoms with Crippen LogP contribution in [0.2, 0.25) is 0 Å². The number of rotatable bonds is 10. The number of carbonyl (C=O) groups excluding carboxylic acids is 2. The average Bonchev–Trinajstić information content (AvgIpc) is 3.40. The van der Waals surface area contributed by atoms with Crippen LogP contribution in [0, 0.1) is 19.7 Å². The summed E-state index contributed by atoms with van der Waals surface area (Å²) in [5.74, 6) is -0.589. The lowest BCUT2D eigenvalue weighted by Gasteiger charge is -2.32. The first-order valence-corrected chi connectivity index (χ1v) is 12.6. The fourth-order valence-corrected chi connectivity index (χ4v) is 4.82. The lowest BCUT2D eigenvalue weighted by molar-refractivity contribution is -0.145. The molecule has 0 atom stereocenters. The quantitative estimate of drug-likeness (QED) is 0.408. The van der Waals surface area contributed by atoms with Gasteiger partial charge in [-0.05, 0) is 61.3 Å². The third kappa shape index (κ3) is 5.91. The van der Waals surface area contributed by atoms with Crippen LogP contribution in [0.25, 0.3) is 10.9 Å². The van der Waals surface area contributed by atoms with Crippen LogP contribution in [0.1, 0.15) is 29.3 Å². The van der Waals surface area contributed by atoms with Crippen molar-refractivity contribution >= 4 is 28.4 Å². The molecule has 0 saturated carbocycles. The smallest absolute Gasteiger partial charge is 0.256 e. The number of aromatic nitrogens is 2. The number of halogens is 1. The molecule has 2 heterocycles. The van der Waals surface area contributed by atoms with Gasteiger partial charge in [0.2, 0.25) is 5.91 Å². The van der Waals surface area contributed by atoms with Gasteiger partial charge >= 0.3 is 0 Å². The summed E-state index contributed by atoms with van der Waals surface area (Å²) < 4.78 is 15.5. The number of nitrogens with zero attached hydrogens (tertiary/aromatic N) is 5. The third-order valence-electron chi connectivity index (χ3n) is 6.89. The van der Waals surface area contributed by atoms with Crippen LogP contribution in [-0.2, 0) is 29.7 Å². The zero-order valence-corrected chi connectivity index (χ0v) is 22.3. The van der Waals surface area contributed by atoms with Crippen molar-refractivity contribution in [3.05, 3.63) is 58.5 Å². The van der Waals surface area contributed by atoms with Gasteiger partial charge in [-0.25, -0.2) is 9.40 Å². The van der Waals surface area contributed by atoms with Gasteiger partial charge < -0.3 is 15.5 Å². The van der Waals surface area contributed by atoms with Crippen LogP contribution in [0.4, 0.5) is 10.1 Å². The molecule has 1 aliphatic heterocycles. The fourth-order valence-electron chi connectivity index (χ4n) is 4.82. The maximum absolute atomic E-state index is 13.7. The van der Waals surface area contributed by atoms with Gasteiger partial charge in [0, 0.05) is 51.3 Å². The van der Waals surface area contributed by atoms with Crippen LogP contribution in [0.3, 0.4) is 0 Å². The predicted octanol–water partition coefficient (Wildman–Crippen LogP) is 2.25. The van der Waals surface area contributed by atoms with E-state index in [0.717, 1.165) is 45.5 Å². The van der Waals surface area contributed by atoms with Gasteiger partial charge in [0.25, 0.3) is 5.91 Å². The van der Waals surface area contributed by atoms with Gasteiger partial charge in [-0.1, -0.05) is 13.0 Å². The van der Waals surface area contributed by atoms with E-state index in [1.807, 2.05) is 54.5 Å². The summed E-state index contributed by atoms with van der Waals surface area (Å²) in [6.45, 7) is 9.02. The number of amides is 2. The molecule has 2 aromatic carbocycles. The maximum Gasteiger partial charge on any atom is 0.256 e. The normalized spacial score (nSPS) is 13.1. The number of anilines is 1. The summed E-state index contributed by atoms with van der Waals surface area (Å²) in [5, 5.41) is 15.1. The zero-order valence-electron chi connectivity index (χ0n) is 22.3. The Kier molecular flexibility index (Phi) is 8.09. The molecule has 2 N–H and O–H groups in total. The van der Waals surface area contributed by atoms with E-state index in [9.17, 15) is 14.0 Å². The molecule has 0 saturated heterocycles. The Morgan fingerprint density at radius 3 is 2.59 bits per heavy atom. The van der Waals surface area contributed by atoms with Crippen LogP contribution >= 0.6 is 0 Å². The van der Waals surface area contributed by atoms with E-state index < -0.39 is 0 Å². The molecule has 3 aromatic rings. The summed E-state index contributed by atoms with van der Waals surface area (Å²) in [6, 6.07) is 8.79. The van der Waals surface area contributed by atoms with Crippen molar-refractivity contribution in [1.82, 2.24) is 30.4 Å². The molecular weight excluding hydrogens is 473 g/mol. The molecule has 1 aliphatic rings.